The second kappa shape index (κ2) is 5.54. The molecule has 2 heterocycles. The van der Waals surface area contributed by atoms with E-state index < -0.39 is 0 Å². The Morgan fingerprint density at radius 1 is 0.957 bits per heavy atom. The van der Waals surface area contributed by atoms with Gasteiger partial charge in [-0.2, -0.15) is 0 Å². The van der Waals surface area contributed by atoms with Crippen molar-refractivity contribution in [2.24, 2.45) is 0 Å². The van der Waals surface area contributed by atoms with Crippen LogP contribution in [0.2, 0.25) is 0 Å². The number of benzene rings is 2. The number of rotatable bonds is 3. The lowest BCUT2D eigenvalue weighted by molar-refractivity contribution is -0.117. The van der Waals surface area contributed by atoms with Gasteiger partial charge in [0.15, 0.2) is 0 Å². The fourth-order valence-electron chi connectivity index (χ4n) is 3.37. The molecule has 4 heteroatoms. The van der Waals surface area contributed by atoms with Crippen LogP contribution in [-0.2, 0) is 17.9 Å². The highest BCUT2D eigenvalue weighted by Gasteiger charge is 2.27. The van der Waals surface area contributed by atoms with Crippen LogP contribution < -0.4 is 4.90 Å². The average molecular weight is 306 g/mol. The zero-order valence-electron chi connectivity index (χ0n) is 12.9. The van der Waals surface area contributed by atoms with E-state index in [0.29, 0.717) is 19.5 Å². The Hall–Kier alpha value is -2.62. The van der Waals surface area contributed by atoms with Gasteiger partial charge in [-0.05, 0) is 35.7 Å². The third-order valence-electron chi connectivity index (χ3n) is 4.59. The van der Waals surface area contributed by atoms with E-state index in [2.05, 4.69) is 0 Å². The summed E-state index contributed by atoms with van der Waals surface area (Å²) in [5.74, 6) is 0.294. The van der Waals surface area contributed by atoms with Crippen LogP contribution in [0.5, 0.6) is 0 Å². The van der Waals surface area contributed by atoms with Crippen LogP contribution in [0.4, 0.5) is 5.69 Å². The summed E-state index contributed by atoms with van der Waals surface area (Å²) in [7, 11) is 0. The van der Waals surface area contributed by atoms with Gasteiger partial charge in [-0.25, -0.2) is 0 Å². The number of amides is 2. The molecular formula is C19H18N2O2. The molecule has 2 aliphatic heterocycles. The van der Waals surface area contributed by atoms with Crippen molar-refractivity contribution in [1.82, 2.24) is 4.90 Å². The van der Waals surface area contributed by atoms with E-state index in [1.54, 1.807) is 0 Å². The van der Waals surface area contributed by atoms with Crippen LogP contribution >= 0.6 is 0 Å². The Bertz CT molecular complexity index is 767. The van der Waals surface area contributed by atoms with Crippen LogP contribution in [0.1, 0.15) is 34.3 Å². The van der Waals surface area contributed by atoms with Crippen molar-refractivity contribution >= 4 is 17.5 Å². The Morgan fingerprint density at radius 2 is 1.74 bits per heavy atom. The van der Waals surface area contributed by atoms with E-state index in [0.717, 1.165) is 35.3 Å². The second-order valence-corrected chi connectivity index (χ2v) is 6.13. The molecule has 1 fully saturated rings. The highest BCUT2D eigenvalue weighted by Crippen LogP contribution is 2.26. The number of anilines is 1. The first-order valence-electron chi connectivity index (χ1n) is 7.99. The van der Waals surface area contributed by atoms with Gasteiger partial charge in [-0.3, -0.25) is 9.59 Å². The summed E-state index contributed by atoms with van der Waals surface area (Å²) in [6.45, 7) is 2.07. The maximum absolute atomic E-state index is 12.4. The molecule has 0 atom stereocenters. The Balaban J connectivity index is 1.48. The molecule has 2 aromatic rings. The van der Waals surface area contributed by atoms with Gasteiger partial charge in [0.1, 0.15) is 0 Å². The number of hydrogen-bond donors (Lipinski definition) is 0. The predicted octanol–water partition coefficient (Wildman–Crippen LogP) is 2.97. The number of carbonyl (C=O) groups is 2. The van der Waals surface area contributed by atoms with Crippen LogP contribution in [-0.4, -0.2) is 23.3 Å². The highest BCUT2D eigenvalue weighted by atomic mass is 16.2. The molecule has 116 valence electrons. The van der Waals surface area contributed by atoms with Crippen molar-refractivity contribution in [3.63, 3.8) is 0 Å². The van der Waals surface area contributed by atoms with E-state index in [1.165, 1.54) is 0 Å². The van der Waals surface area contributed by atoms with Crippen molar-refractivity contribution in [3.8, 4) is 0 Å². The lowest BCUT2D eigenvalue weighted by Crippen LogP contribution is -2.24. The molecular weight excluding hydrogens is 288 g/mol. The molecule has 4 nitrogen and oxygen atoms in total. The van der Waals surface area contributed by atoms with Crippen LogP contribution in [0.3, 0.4) is 0 Å². The first-order chi connectivity index (χ1) is 11.2. The number of carbonyl (C=O) groups excluding carboxylic acids is 2. The first kappa shape index (κ1) is 14.0. The number of nitrogens with zero attached hydrogens (tertiary/aromatic N) is 2. The zero-order valence-corrected chi connectivity index (χ0v) is 12.9. The van der Waals surface area contributed by atoms with Gasteiger partial charge in [0.25, 0.3) is 5.91 Å². The molecule has 0 radical (unpaired) electrons. The summed E-state index contributed by atoms with van der Waals surface area (Å²) in [5, 5.41) is 0. The molecule has 2 aliphatic rings. The van der Waals surface area contributed by atoms with Crippen molar-refractivity contribution < 1.29 is 9.59 Å². The minimum Gasteiger partial charge on any atom is -0.330 e. The molecule has 0 unspecified atom stereocenters. The van der Waals surface area contributed by atoms with E-state index in [-0.39, 0.29) is 11.8 Å². The highest BCUT2D eigenvalue weighted by molar-refractivity contribution is 5.98. The minimum absolute atomic E-state index is 0.0967. The van der Waals surface area contributed by atoms with Crippen molar-refractivity contribution in [2.45, 2.75) is 25.9 Å². The lowest BCUT2D eigenvalue weighted by Gasteiger charge is -2.18. The van der Waals surface area contributed by atoms with Gasteiger partial charge >= 0.3 is 0 Å². The van der Waals surface area contributed by atoms with Crippen LogP contribution in [0.25, 0.3) is 0 Å². The summed E-state index contributed by atoms with van der Waals surface area (Å²) in [6.07, 6.45) is 1.57. The van der Waals surface area contributed by atoms with Gasteiger partial charge in [-0.15, -0.1) is 0 Å². The third kappa shape index (κ3) is 2.50. The van der Waals surface area contributed by atoms with E-state index in [4.69, 9.17) is 0 Å². The molecule has 1 saturated heterocycles. The summed E-state index contributed by atoms with van der Waals surface area (Å²) in [6, 6.07) is 15.8. The third-order valence-corrected chi connectivity index (χ3v) is 4.59. The molecule has 0 saturated carbocycles. The van der Waals surface area contributed by atoms with Gasteiger partial charge in [0.2, 0.25) is 5.91 Å². The van der Waals surface area contributed by atoms with Gasteiger partial charge < -0.3 is 9.80 Å². The van der Waals surface area contributed by atoms with E-state index in [1.807, 2.05) is 58.3 Å². The van der Waals surface area contributed by atoms with Crippen molar-refractivity contribution in [2.75, 3.05) is 11.4 Å². The standard InChI is InChI=1S/C19H18N2O2/c22-18-6-3-11-21(18)16-9-7-14(8-10-16)12-20-13-15-4-1-2-5-17(15)19(20)23/h1-2,4-5,7-10H,3,6,11-13H2. The molecule has 23 heavy (non-hydrogen) atoms. The largest absolute Gasteiger partial charge is 0.330 e. The molecule has 0 spiro atoms. The monoisotopic (exact) mass is 306 g/mol. The van der Waals surface area contributed by atoms with E-state index in [9.17, 15) is 9.59 Å². The normalized spacial score (nSPS) is 17.0. The van der Waals surface area contributed by atoms with Crippen LogP contribution in [0.15, 0.2) is 48.5 Å². The summed E-state index contributed by atoms with van der Waals surface area (Å²) in [5.41, 5.74) is 3.94. The van der Waals surface area contributed by atoms with E-state index >= 15 is 0 Å². The van der Waals surface area contributed by atoms with Crippen LogP contribution in [0, 0.1) is 0 Å². The summed E-state index contributed by atoms with van der Waals surface area (Å²) in [4.78, 5) is 27.9. The Labute approximate surface area is 135 Å². The first-order valence-corrected chi connectivity index (χ1v) is 7.99. The zero-order chi connectivity index (χ0) is 15.8. The summed E-state index contributed by atoms with van der Waals surface area (Å²) < 4.78 is 0. The molecule has 0 bridgehead atoms. The summed E-state index contributed by atoms with van der Waals surface area (Å²) >= 11 is 0. The Kier molecular flexibility index (Phi) is 3.37. The topological polar surface area (TPSA) is 40.6 Å². The van der Waals surface area contributed by atoms with Gasteiger partial charge in [0.05, 0.1) is 0 Å². The van der Waals surface area contributed by atoms with Gasteiger partial charge in [-0.1, -0.05) is 30.3 Å². The quantitative estimate of drug-likeness (QED) is 0.874. The minimum atomic E-state index is 0.0967. The maximum atomic E-state index is 12.4. The molecule has 2 aromatic carbocycles. The molecule has 2 amide bonds. The fourth-order valence-corrected chi connectivity index (χ4v) is 3.37. The number of fused-ring (bicyclic) bond motifs is 1. The lowest BCUT2D eigenvalue weighted by atomic mass is 10.1. The average Bonchev–Trinajstić information content (AvgIpc) is 3.13. The Morgan fingerprint density at radius 3 is 2.43 bits per heavy atom. The van der Waals surface area contributed by atoms with Crippen molar-refractivity contribution in [1.29, 1.82) is 0 Å². The predicted molar refractivity (Wildman–Crippen MR) is 88.0 cm³/mol. The SMILES string of the molecule is O=C1c2ccccc2CN1Cc1ccc(N2CCCC2=O)cc1. The maximum Gasteiger partial charge on any atom is 0.254 e. The second-order valence-electron chi connectivity index (χ2n) is 6.13. The smallest absolute Gasteiger partial charge is 0.254 e. The molecule has 4 rings (SSSR count). The number of hydrogen-bond acceptors (Lipinski definition) is 2. The fraction of sp³-hybridized carbons (Fsp3) is 0.263. The molecule has 0 aliphatic carbocycles. The van der Waals surface area contributed by atoms with Gasteiger partial charge in [0, 0.05) is 37.3 Å². The molecule has 0 aromatic heterocycles. The van der Waals surface area contributed by atoms with Crippen molar-refractivity contribution in [3.05, 3.63) is 65.2 Å². The molecule has 0 N–H and O–H groups in total.